The van der Waals surface area contributed by atoms with Crippen molar-refractivity contribution in [3.05, 3.63) is 101 Å². The summed E-state index contributed by atoms with van der Waals surface area (Å²) in [7, 11) is 3.25. The number of nitrogen functional groups attached to an aromatic ring is 1. The number of aliphatic hydroxyl groups is 1. The van der Waals surface area contributed by atoms with Gasteiger partial charge in [0.05, 0.1) is 12.7 Å². The molecule has 0 aliphatic carbocycles. The fourth-order valence-corrected chi connectivity index (χ4v) is 5.14. The van der Waals surface area contributed by atoms with Gasteiger partial charge in [-0.15, -0.1) is 0 Å². The number of aromatic nitrogens is 4. The van der Waals surface area contributed by atoms with Crippen molar-refractivity contribution in [2.75, 3.05) is 20.7 Å². The number of carbonyl (C=O) groups is 3. The van der Waals surface area contributed by atoms with Crippen LogP contribution in [0.4, 0.5) is 0 Å². The van der Waals surface area contributed by atoms with Crippen LogP contribution in [-0.4, -0.2) is 80.0 Å². The van der Waals surface area contributed by atoms with E-state index in [1.165, 1.54) is 40.7 Å². The highest BCUT2D eigenvalue weighted by atomic mass is 16.5. The number of aryl methyl sites for hydroxylation is 1. The number of nitrogens with two attached hydrogens (primary N) is 1. The van der Waals surface area contributed by atoms with Gasteiger partial charge >= 0.3 is 17.9 Å². The molecule has 0 aliphatic rings. The molecule has 0 saturated carbocycles. The third-order valence-electron chi connectivity index (χ3n) is 7.55. The average molecular weight is 696 g/mol. The number of hydrogen-bond donors (Lipinski definition) is 3. The summed E-state index contributed by atoms with van der Waals surface area (Å²) in [5, 5.41) is 18.7. The van der Waals surface area contributed by atoms with Gasteiger partial charge in [0.1, 0.15) is 35.3 Å². The summed E-state index contributed by atoms with van der Waals surface area (Å²) in [5.41, 5.74) is 7.22. The van der Waals surface area contributed by atoms with Gasteiger partial charge in [0.25, 0.3) is 11.8 Å². The van der Waals surface area contributed by atoms with Gasteiger partial charge in [0.2, 0.25) is 0 Å². The zero-order valence-electron chi connectivity index (χ0n) is 28.6. The Morgan fingerprint density at radius 3 is 2.35 bits per heavy atom. The maximum atomic E-state index is 13.3. The molecule has 3 aromatic carbocycles. The van der Waals surface area contributed by atoms with Crippen molar-refractivity contribution in [1.82, 2.24) is 24.4 Å². The molecule has 0 spiro atoms. The molecule has 2 atom stereocenters. The lowest BCUT2D eigenvalue weighted by Crippen LogP contribution is -2.32. The van der Waals surface area contributed by atoms with Crippen LogP contribution in [0.5, 0.6) is 23.4 Å². The SMILES string of the molecule is CCOC(=O)C(C(C)O)n1c(C)nc2c(Oc3cccc(C(=O)N(C)C)c3)nc(Oc3cc(C(=N)N)ccc3C(=O)OCc3ccccc3)nc21. The molecular formula is C36H37N7O8. The lowest BCUT2D eigenvalue weighted by molar-refractivity contribution is -0.150. The fraction of sp³-hybridized carbons (Fsp3) is 0.250. The Morgan fingerprint density at radius 2 is 1.69 bits per heavy atom. The van der Waals surface area contributed by atoms with Crippen LogP contribution >= 0.6 is 0 Å². The predicted octanol–water partition coefficient (Wildman–Crippen LogP) is 4.55. The lowest BCUT2D eigenvalue weighted by Gasteiger charge is -2.21. The number of ether oxygens (including phenoxy) is 4. The molecule has 0 saturated heterocycles. The Labute approximate surface area is 293 Å². The van der Waals surface area contributed by atoms with Gasteiger partial charge in [-0.3, -0.25) is 14.8 Å². The number of rotatable bonds is 13. The third-order valence-corrected chi connectivity index (χ3v) is 7.55. The second-order valence-electron chi connectivity index (χ2n) is 11.6. The summed E-state index contributed by atoms with van der Waals surface area (Å²) in [4.78, 5) is 54.2. The zero-order chi connectivity index (χ0) is 36.8. The molecule has 1 amide bonds. The summed E-state index contributed by atoms with van der Waals surface area (Å²) in [6, 6.07) is 18.1. The van der Waals surface area contributed by atoms with E-state index < -0.39 is 24.1 Å². The molecule has 5 aromatic rings. The van der Waals surface area contributed by atoms with E-state index in [4.69, 9.17) is 30.1 Å². The van der Waals surface area contributed by atoms with Crippen LogP contribution in [0.25, 0.3) is 11.2 Å². The number of imidazole rings is 1. The minimum absolute atomic E-state index is 0.0174. The summed E-state index contributed by atoms with van der Waals surface area (Å²) in [6.45, 7) is 4.72. The van der Waals surface area contributed by atoms with Gasteiger partial charge in [-0.25, -0.2) is 14.6 Å². The Kier molecular flexibility index (Phi) is 10.9. The highest BCUT2D eigenvalue weighted by molar-refractivity contribution is 5.99. The summed E-state index contributed by atoms with van der Waals surface area (Å²) >= 11 is 0. The van der Waals surface area contributed by atoms with E-state index in [0.29, 0.717) is 5.56 Å². The molecule has 264 valence electrons. The van der Waals surface area contributed by atoms with E-state index in [0.717, 1.165) is 5.56 Å². The molecular weight excluding hydrogens is 658 g/mol. The third kappa shape index (κ3) is 8.11. The number of carbonyl (C=O) groups excluding carboxylic acids is 3. The van der Waals surface area contributed by atoms with Gasteiger partial charge in [-0.2, -0.15) is 9.97 Å². The second-order valence-corrected chi connectivity index (χ2v) is 11.6. The van der Waals surface area contributed by atoms with Gasteiger partial charge < -0.3 is 34.7 Å². The molecule has 2 aromatic heterocycles. The number of fused-ring (bicyclic) bond motifs is 1. The van der Waals surface area contributed by atoms with Crippen LogP contribution in [0, 0.1) is 12.3 Å². The van der Waals surface area contributed by atoms with Crippen molar-refractivity contribution in [1.29, 1.82) is 5.41 Å². The maximum Gasteiger partial charge on any atom is 0.342 e. The van der Waals surface area contributed by atoms with Crippen molar-refractivity contribution in [2.24, 2.45) is 5.73 Å². The molecule has 4 N–H and O–H groups in total. The van der Waals surface area contributed by atoms with E-state index in [9.17, 15) is 19.5 Å². The van der Waals surface area contributed by atoms with E-state index in [1.807, 2.05) is 30.3 Å². The second kappa shape index (κ2) is 15.5. The van der Waals surface area contributed by atoms with Crippen LogP contribution in [-0.2, 0) is 20.9 Å². The Balaban J connectivity index is 1.64. The number of hydrogen-bond acceptors (Lipinski definition) is 12. The zero-order valence-corrected chi connectivity index (χ0v) is 28.6. The largest absolute Gasteiger partial charge is 0.464 e. The molecule has 0 fully saturated rings. The molecule has 0 bridgehead atoms. The number of amides is 1. The molecule has 51 heavy (non-hydrogen) atoms. The first-order valence-corrected chi connectivity index (χ1v) is 15.9. The Bertz CT molecular complexity index is 2100. The topological polar surface area (TPSA) is 205 Å². The molecule has 2 unspecified atom stereocenters. The molecule has 15 heteroatoms. The maximum absolute atomic E-state index is 13.3. The first-order chi connectivity index (χ1) is 24.4. The quantitative estimate of drug-likeness (QED) is 0.0882. The van der Waals surface area contributed by atoms with Crippen molar-refractivity contribution in [3.63, 3.8) is 0 Å². The number of esters is 2. The first-order valence-electron chi connectivity index (χ1n) is 15.9. The van der Waals surface area contributed by atoms with Gasteiger partial charge in [0, 0.05) is 25.2 Å². The normalized spacial score (nSPS) is 12.1. The number of amidine groups is 1. The Hall–Kier alpha value is -6.35. The first kappa shape index (κ1) is 35.9. The Morgan fingerprint density at radius 1 is 0.941 bits per heavy atom. The van der Waals surface area contributed by atoms with E-state index >= 15 is 0 Å². The molecule has 2 heterocycles. The number of aliphatic hydroxyl groups excluding tert-OH is 1. The highest BCUT2D eigenvalue weighted by Crippen LogP contribution is 2.35. The monoisotopic (exact) mass is 695 g/mol. The molecule has 0 radical (unpaired) electrons. The smallest absolute Gasteiger partial charge is 0.342 e. The summed E-state index contributed by atoms with van der Waals surface area (Å²) in [5.74, 6) is -1.75. The fourth-order valence-electron chi connectivity index (χ4n) is 5.14. The lowest BCUT2D eigenvalue weighted by atomic mass is 10.1. The van der Waals surface area contributed by atoms with Crippen molar-refractivity contribution in [2.45, 2.75) is 39.5 Å². The standard InChI is InChI=1S/C36H37N7O8/c1-6-48-35(47)29(20(2)44)43-21(3)39-28-31(43)40-36(41-32(28)50-25-14-10-13-24(17-25)33(45)42(4)5)51-27-18-23(30(37)38)15-16-26(27)34(46)49-19-22-11-8-7-9-12-22/h7-18,20,29,44H,6,19H2,1-5H3,(H3,37,38). The van der Waals surface area contributed by atoms with E-state index in [1.54, 1.807) is 46.1 Å². The molecule has 15 nitrogen and oxygen atoms in total. The van der Waals surface area contributed by atoms with Crippen LogP contribution < -0.4 is 15.2 Å². The summed E-state index contributed by atoms with van der Waals surface area (Å²) < 4.78 is 24.5. The minimum atomic E-state index is -1.27. The van der Waals surface area contributed by atoms with Crippen molar-refractivity contribution >= 4 is 34.8 Å². The highest BCUT2D eigenvalue weighted by Gasteiger charge is 2.33. The van der Waals surface area contributed by atoms with Crippen LogP contribution in [0.1, 0.15) is 57.6 Å². The van der Waals surface area contributed by atoms with Crippen molar-refractivity contribution < 1.29 is 38.4 Å². The van der Waals surface area contributed by atoms with Crippen LogP contribution in [0.3, 0.4) is 0 Å². The minimum Gasteiger partial charge on any atom is -0.464 e. The van der Waals surface area contributed by atoms with Crippen molar-refractivity contribution in [3.8, 4) is 23.4 Å². The molecule has 0 aliphatic heterocycles. The number of nitrogens with zero attached hydrogens (tertiary/aromatic N) is 5. The van der Waals surface area contributed by atoms with E-state index in [2.05, 4.69) is 15.0 Å². The summed E-state index contributed by atoms with van der Waals surface area (Å²) in [6.07, 6.45) is -1.24. The number of benzene rings is 3. The number of nitrogens with one attached hydrogen (secondary N) is 1. The predicted molar refractivity (Wildman–Crippen MR) is 185 cm³/mol. The molecule has 5 rings (SSSR count). The van der Waals surface area contributed by atoms with Gasteiger partial charge in [0.15, 0.2) is 17.2 Å². The van der Waals surface area contributed by atoms with E-state index in [-0.39, 0.29) is 76.5 Å². The van der Waals surface area contributed by atoms with Gasteiger partial charge in [-0.05, 0) is 56.7 Å². The van der Waals surface area contributed by atoms with Gasteiger partial charge in [-0.1, -0.05) is 42.5 Å². The van der Waals surface area contributed by atoms with Crippen LogP contribution in [0.2, 0.25) is 0 Å². The van der Waals surface area contributed by atoms with Crippen LogP contribution in [0.15, 0.2) is 72.8 Å². The average Bonchev–Trinajstić information content (AvgIpc) is 3.42.